The highest BCUT2D eigenvalue weighted by Gasteiger charge is 2.12. The molecular weight excluding hydrogens is 258 g/mol. The van der Waals surface area contributed by atoms with E-state index in [0.717, 1.165) is 11.8 Å². The van der Waals surface area contributed by atoms with Gasteiger partial charge in [-0.15, -0.1) is 0 Å². The number of hydrogen-bond acceptors (Lipinski definition) is 5. The number of rotatable bonds is 6. The number of benzene rings is 1. The number of para-hydroxylation sites is 1. The minimum atomic E-state index is -1.15. The SMILES string of the molecule is CC(O)CCCNc1nc(C(=O)O)nc2ccccc12. The molecule has 0 radical (unpaired) electrons. The summed E-state index contributed by atoms with van der Waals surface area (Å²) in [5.41, 5.74) is 0.595. The molecular formula is C14H17N3O3. The Morgan fingerprint density at radius 1 is 1.35 bits per heavy atom. The predicted octanol–water partition coefficient (Wildman–Crippen LogP) is 1.90. The van der Waals surface area contributed by atoms with Crippen LogP contribution in [0.5, 0.6) is 0 Å². The normalized spacial score (nSPS) is 12.3. The van der Waals surface area contributed by atoms with E-state index in [4.69, 9.17) is 5.11 Å². The molecule has 0 aliphatic heterocycles. The first-order valence-electron chi connectivity index (χ1n) is 6.50. The van der Waals surface area contributed by atoms with Gasteiger partial charge in [-0.3, -0.25) is 0 Å². The van der Waals surface area contributed by atoms with Crippen LogP contribution < -0.4 is 5.32 Å². The van der Waals surface area contributed by atoms with Crippen LogP contribution in [0.15, 0.2) is 24.3 Å². The van der Waals surface area contributed by atoms with Crippen LogP contribution in [0.1, 0.15) is 30.4 Å². The highest BCUT2D eigenvalue weighted by Crippen LogP contribution is 2.20. The fourth-order valence-electron chi connectivity index (χ4n) is 1.91. The molecule has 0 amide bonds. The van der Waals surface area contributed by atoms with E-state index >= 15 is 0 Å². The van der Waals surface area contributed by atoms with Gasteiger partial charge in [-0.05, 0) is 31.9 Å². The fourth-order valence-corrected chi connectivity index (χ4v) is 1.91. The van der Waals surface area contributed by atoms with Gasteiger partial charge in [0.2, 0.25) is 5.82 Å². The molecule has 0 bridgehead atoms. The van der Waals surface area contributed by atoms with Gasteiger partial charge in [-0.1, -0.05) is 12.1 Å². The smallest absolute Gasteiger partial charge is 0.374 e. The van der Waals surface area contributed by atoms with E-state index < -0.39 is 5.97 Å². The Kier molecular flexibility index (Phi) is 4.47. The fraction of sp³-hybridized carbons (Fsp3) is 0.357. The molecule has 6 nitrogen and oxygen atoms in total. The number of nitrogens with one attached hydrogen (secondary N) is 1. The summed E-state index contributed by atoms with van der Waals surface area (Å²) >= 11 is 0. The van der Waals surface area contributed by atoms with E-state index in [-0.39, 0.29) is 11.9 Å². The Hall–Kier alpha value is -2.21. The monoisotopic (exact) mass is 275 g/mol. The maximum Gasteiger partial charge on any atom is 0.374 e. The van der Waals surface area contributed by atoms with Crippen LogP contribution in [0, 0.1) is 0 Å². The van der Waals surface area contributed by atoms with E-state index in [0.29, 0.717) is 24.3 Å². The molecule has 1 heterocycles. The standard InChI is InChI=1S/C14H17N3O3/c1-9(18)5-4-8-15-12-10-6-2-3-7-11(10)16-13(17-12)14(19)20/h2-3,6-7,9,18H,4-5,8H2,1H3,(H,19,20)(H,15,16,17). The maximum absolute atomic E-state index is 11.0. The number of nitrogens with zero attached hydrogens (tertiary/aromatic N) is 2. The summed E-state index contributed by atoms with van der Waals surface area (Å²) < 4.78 is 0. The molecule has 2 rings (SSSR count). The maximum atomic E-state index is 11.0. The molecule has 0 aliphatic carbocycles. The summed E-state index contributed by atoms with van der Waals surface area (Å²) in [5.74, 6) is -0.858. The Balaban J connectivity index is 2.23. The largest absolute Gasteiger partial charge is 0.475 e. The van der Waals surface area contributed by atoms with Gasteiger partial charge in [0.25, 0.3) is 0 Å². The lowest BCUT2D eigenvalue weighted by Gasteiger charge is -2.10. The third kappa shape index (κ3) is 3.42. The summed E-state index contributed by atoms with van der Waals surface area (Å²) in [6.45, 7) is 2.35. The number of aliphatic hydroxyl groups excluding tert-OH is 1. The minimum Gasteiger partial charge on any atom is -0.475 e. The predicted molar refractivity (Wildman–Crippen MR) is 75.9 cm³/mol. The molecule has 0 saturated heterocycles. The van der Waals surface area contributed by atoms with Crippen molar-refractivity contribution in [3.63, 3.8) is 0 Å². The van der Waals surface area contributed by atoms with Gasteiger partial charge in [0, 0.05) is 11.9 Å². The number of carbonyl (C=O) groups is 1. The number of anilines is 1. The Labute approximate surface area is 116 Å². The second-order valence-electron chi connectivity index (χ2n) is 4.64. The third-order valence-electron chi connectivity index (χ3n) is 2.89. The van der Waals surface area contributed by atoms with E-state index in [2.05, 4.69) is 15.3 Å². The van der Waals surface area contributed by atoms with Crippen LogP contribution in [0.25, 0.3) is 10.9 Å². The summed E-state index contributed by atoms with van der Waals surface area (Å²) in [5, 5.41) is 22.1. The van der Waals surface area contributed by atoms with Gasteiger partial charge in [0.1, 0.15) is 5.82 Å². The number of carboxylic acids is 1. The van der Waals surface area contributed by atoms with Crippen molar-refractivity contribution in [2.24, 2.45) is 0 Å². The first kappa shape index (κ1) is 14.2. The van der Waals surface area contributed by atoms with Gasteiger partial charge in [-0.2, -0.15) is 0 Å². The number of aromatic nitrogens is 2. The summed E-state index contributed by atoms with van der Waals surface area (Å²) in [6.07, 6.45) is 1.12. The van der Waals surface area contributed by atoms with Crippen molar-refractivity contribution in [1.82, 2.24) is 9.97 Å². The number of aliphatic hydroxyl groups is 1. The van der Waals surface area contributed by atoms with Crippen molar-refractivity contribution in [1.29, 1.82) is 0 Å². The van der Waals surface area contributed by atoms with Crippen LogP contribution in [0.2, 0.25) is 0 Å². The van der Waals surface area contributed by atoms with E-state index in [1.165, 1.54) is 0 Å². The molecule has 1 aromatic heterocycles. The number of hydrogen-bond donors (Lipinski definition) is 3. The van der Waals surface area contributed by atoms with Gasteiger partial charge in [-0.25, -0.2) is 14.8 Å². The van der Waals surface area contributed by atoms with Gasteiger partial charge >= 0.3 is 5.97 Å². The molecule has 3 N–H and O–H groups in total. The van der Waals surface area contributed by atoms with E-state index in [1.807, 2.05) is 12.1 Å². The highest BCUT2D eigenvalue weighted by molar-refractivity contribution is 5.93. The van der Waals surface area contributed by atoms with Crippen molar-refractivity contribution in [3.05, 3.63) is 30.1 Å². The molecule has 0 saturated carbocycles. The summed E-state index contributed by atoms with van der Waals surface area (Å²) in [6, 6.07) is 7.26. The zero-order valence-corrected chi connectivity index (χ0v) is 11.2. The van der Waals surface area contributed by atoms with Crippen LogP contribution in [0.3, 0.4) is 0 Å². The zero-order chi connectivity index (χ0) is 14.5. The lowest BCUT2D eigenvalue weighted by molar-refractivity contribution is 0.0684. The van der Waals surface area contributed by atoms with Crippen molar-refractivity contribution in [2.45, 2.75) is 25.9 Å². The minimum absolute atomic E-state index is 0.221. The van der Waals surface area contributed by atoms with Crippen LogP contribution in [-0.2, 0) is 0 Å². The zero-order valence-electron chi connectivity index (χ0n) is 11.2. The molecule has 1 unspecified atom stereocenters. The average molecular weight is 275 g/mol. The van der Waals surface area contributed by atoms with Crippen molar-refractivity contribution < 1.29 is 15.0 Å². The molecule has 6 heteroatoms. The quantitative estimate of drug-likeness (QED) is 0.697. The Bertz CT molecular complexity index is 614. The van der Waals surface area contributed by atoms with Crippen LogP contribution in [0.4, 0.5) is 5.82 Å². The van der Waals surface area contributed by atoms with E-state index in [1.54, 1.807) is 19.1 Å². The van der Waals surface area contributed by atoms with Crippen molar-refractivity contribution in [3.8, 4) is 0 Å². The first-order valence-corrected chi connectivity index (χ1v) is 6.50. The van der Waals surface area contributed by atoms with Crippen LogP contribution >= 0.6 is 0 Å². The molecule has 0 fully saturated rings. The first-order chi connectivity index (χ1) is 9.58. The number of aromatic carboxylic acids is 1. The lowest BCUT2D eigenvalue weighted by Crippen LogP contribution is -2.11. The molecule has 0 spiro atoms. The molecule has 20 heavy (non-hydrogen) atoms. The molecule has 0 aliphatic rings. The van der Waals surface area contributed by atoms with Crippen molar-refractivity contribution >= 4 is 22.7 Å². The third-order valence-corrected chi connectivity index (χ3v) is 2.89. The lowest BCUT2D eigenvalue weighted by atomic mass is 10.2. The van der Waals surface area contributed by atoms with Crippen LogP contribution in [-0.4, -0.2) is 38.8 Å². The average Bonchev–Trinajstić information content (AvgIpc) is 2.42. The molecule has 1 aromatic carbocycles. The van der Waals surface area contributed by atoms with Gasteiger partial charge in [0.05, 0.1) is 11.6 Å². The number of fused-ring (bicyclic) bond motifs is 1. The Morgan fingerprint density at radius 2 is 2.10 bits per heavy atom. The van der Waals surface area contributed by atoms with E-state index in [9.17, 15) is 9.90 Å². The molecule has 1 atom stereocenters. The molecule has 2 aromatic rings. The highest BCUT2D eigenvalue weighted by atomic mass is 16.4. The Morgan fingerprint density at radius 3 is 2.80 bits per heavy atom. The van der Waals surface area contributed by atoms with Gasteiger partial charge in [0.15, 0.2) is 0 Å². The topological polar surface area (TPSA) is 95.3 Å². The number of carboxylic acid groups (broad SMARTS) is 1. The molecule has 106 valence electrons. The van der Waals surface area contributed by atoms with Gasteiger partial charge < -0.3 is 15.5 Å². The summed E-state index contributed by atoms with van der Waals surface area (Å²) in [7, 11) is 0. The summed E-state index contributed by atoms with van der Waals surface area (Å²) in [4.78, 5) is 19.1. The second kappa shape index (κ2) is 6.29. The van der Waals surface area contributed by atoms with Crippen molar-refractivity contribution in [2.75, 3.05) is 11.9 Å². The second-order valence-corrected chi connectivity index (χ2v) is 4.64.